The Morgan fingerprint density at radius 3 is 2.31 bits per heavy atom. The van der Waals surface area contributed by atoms with Crippen molar-refractivity contribution in [3.8, 4) is 0 Å². The van der Waals surface area contributed by atoms with E-state index in [1.54, 1.807) is 12.1 Å². The Kier molecular flexibility index (Phi) is 3.97. The van der Waals surface area contributed by atoms with Gasteiger partial charge in [-0.1, -0.05) is 38.1 Å². The molecule has 0 fully saturated rings. The standard InChI is InChI=1S/C12H16F3N/c1-3-8(2)9-5-4-6-10(7-9)11(16)12(13,14)15/h4-8,11H,3,16H2,1-2H3/t8?,11-/m1/s1. The van der Waals surface area contributed by atoms with E-state index < -0.39 is 12.2 Å². The third-order valence-electron chi connectivity index (χ3n) is 2.80. The van der Waals surface area contributed by atoms with Crippen LogP contribution in [0.2, 0.25) is 0 Å². The molecule has 0 aliphatic carbocycles. The Labute approximate surface area is 93.5 Å². The Balaban J connectivity index is 2.99. The van der Waals surface area contributed by atoms with E-state index in [0.29, 0.717) is 0 Å². The van der Waals surface area contributed by atoms with E-state index in [0.717, 1.165) is 12.0 Å². The number of rotatable bonds is 3. The molecule has 0 bridgehead atoms. The van der Waals surface area contributed by atoms with Gasteiger partial charge in [0.1, 0.15) is 6.04 Å². The zero-order chi connectivity index (χ0) is 12.3. The van der Waals surface area contributed by atoms with E-state index in [1.807, 2.05) is 19.9 Å². The topological polar surface area (TPSA) is 26.0 Å². The van der Waals surface area contributed by atoms with Crippen LogP contribution in [-0.4, -0.2) is 6.18 Å². The lowest BCUT2D eigenvalue weighted by molar-refractivity contribution is -0.149. The van der Waals surface area contributed by atoms with Crippen LogP contribution in [0.25, 0.3) is 0 Å². The Morgan fingerprint density at radius 1 is 1.25 bits per heavy atom. The molecule has 1 unspecified atom stereocenters. The summed E-state index contributed by atoms with van der Waals surface area (Å²) in [6, 6.07) is 4.54. The van der Waals surface area contributed by atoms with Crippen LogP contribution in [0.1, 0.15) is 43.4 Å². The summed E-state index contributed by atoms with van der Waals surface area (Å²) in [5.74, 6) is 0.250. The highest BCUT2D eigenvalue weighted by Gasteiger charge is 2.37. The second-order valence-electron chi connectivity index (χ2n) is 4.00. The van der Waals surface area contributed by atoms with E-state index in [9.17, 15) is 13.2 Å². The van der Waals surface area contributed by atoms with Gasteiger partial charge in [-0.15, -0.1) is 0 Å². The molecule has 0 saturated heterocycles. The zero-order valence-electron chi connectivity index (χ0n) is 9.38. The Morgan fingerprint density at radius 2 is 1.81 bits per heavy atom. The summed E-state index contributed by atoms with van der Waals surface area (Å²) >= 11 is 0. The number of benzene rings is 1. The highest BCUT2D eigenvalue weighted by atomic mass is 19.4. The summed E-state index contributed by atoms with van der Waals surface area (Å²) in [5.41, 5.74) is 6.19. The van der Waals surface area contributed by atoms with Gasteiger partial charge in [-0.25, -0.2) is 0 Å². The summed E-state index contributed by atoms with van der Waals surface area (Å²) < 4.78 is 37.3. The first-order valence-corrected chi connectivity index (χ1v) is 5.28. The molecule has 1 aromatic carbocycles. The molecule has 16 heavy (non-hydrogen) atoms. The Hall–Kier alpha value is -1.03. The van der Waals surface area contributed by atoms with E-state index in [2.05, 4.69) is 0 Å². The van der Waals surface area contributed by atoms with Crippen molar-refractivity contribution in [3.05, 3.63) is 35.4 Å². The van der Waals surface area contributed by atoms with Gasteiger partial charge in [0, 0.05) is 0 Å². The van der Waals surface area contributed by atoms with Crippen LogP contribution in [0.15, 0.2) is 24.3 Å². The molecular formula is C12H16F3N. The maximum atomic E-state index is 12.4. The first-order valence-electron chi connectivity index (χ1n) is 5.28. The van der Waals surface area contributed by atoms with Gasteiger partial charge < -0.3 is 5.73 Å². The minimum Gasteiger partial charge on any atom is -0.316 e. The molecule has 0 radical (unpaired) electrons. The molecule has 1 nitrogen and oxygen atoms in total. The van der Waals surface area contributed by atoms with Crippen LogP contribution in [0.3, 0.4) is 0 Å². The molecule has 0 aliphatic rings. The van der Waals surface area contributed by atoms with Crippen molar-refractivity contribution in [2.75, 3.05) is 0 Å². The molecule has 1 aromatic rings. The number of hydrogen-bond donors (Lipinski definition) is 1. The highest BCUT2D eigenvalue weighted by molar-refractivity contribution is 5.28. The van der Waals surface area contributed by atoms with Crippen molar-refractivity contribution in [1.29, 1.82) is 0 Å². The quantitative estimate of drug-likeness (QED) is 0.842. The van der Waals surface area contributed by atoms with Crippen molar-refractivity contribution in [3.63, 3.8) is 0 Å². The van der Waals surface area contributed by atoms with Crippen LogP contribution in [0, 0.1) is 0 Å². The van der Waals surface area contributed by atoms with Crippen molar-refractivity contribution in [2.24, 2.45) is 5.73 Å². The van der Waals surface area contributed by atoms with Crippen molar-refractivity contribution in [1.82, 2.24) is 0 Å². The average Bonchev–Trinajstić information content (AvgIpc) is 2.26. The van der Waals surface area contributed by atoms with E-state index in [4.69, 9.17) is 5.73 Å². The van der Waals surface area contributed by atoms with Gasteiger partial charge >= 0.3 is 6.18 Å². The molecule has 0 aromatic heterocycles. The van der Waals surface area contributed by atoms with Gasteiger partial charge in [-0.2, -0.15) is 13.2 Å². The molecule has 0 aliphatic heterocycles. The Bertz CT molecular complexity index is 346. The zero-order valence-corrected chi connectivity index (χ0v) is 9.38. The molecule has 0 spiro atoms. The fourth-order valence-electron chi connectivity index (χ4n) is 1.48. The monoisotopic (exact) mass is 231 g/mol. The molecule has 0 heterocycles. The average molecular weight is 231 g/mol. The van der Waals surface area contributed by atoms with Crippen LogP contribution in [0.4, 0.5) is 13.2 Å². The lowest BCUT2D eigenvalue weighted by Gasteiger charge is -2.18. The maximum Gasteiger partial charge on any atom is 0.407 e. The van der Waals surface area contributed by atoms with Crippen molar-refractivity contribution < 1.29 is 13.2 Å². The molecule has 2 N–H and O–H groups in total. The number of halogens is 3. The number of alkyl halides is 3. The summed E-state index contributed by atoms with van der Waals surface area (Å²) in [5, 5.41) is 0. The number of hydrogen-bond acceptors (Lipinski definition) is 1. The molecule has 1 rings (SSSR count). The molecular weight excluding hydrogens is 215 g/mol. The van der Waals surface area contributed by atoms with Crippen LogP contribution in [0.5, 0.6) is 0 Å². The normalized spacial score (nSPS) is 15.9. The van der Waals surface area contributed by atoms with E-state index >= 15 is 0 Å². The first-order chi connectivity index (χ1) is 7.36. The summed E-state index contributed by atoms with van der Waals surface area (Å²) in [6.07, 6.45) is -3.49. The van der Waals surface area contributed by atoms with Crippen molar-refractivity contribution in [2.45, 2.75) is 38.4 Å². The third-order valence-corrected chi connectivity index (χ3v) is 2.80. The molecule has 0 saturated carbocycles. The smallest absolute Gasteiger partial charge is 0.316 e. The van der Waals surface area contributed by atoms with Crippen LogP contribution < -0.4 is 5.73 Å². The second kappa shape index (κ2) is 4.87. The van der Waals surface area contributed by atoms with Gasteiger partial charge in [0.15, 0.2) is 0 Å². The van der Waals surface area contributed by atoms with Crippen molar-refractivity contribution >= 4 is 0 Å². The van der Waals surface area contributed by atoms with Gasteiger partial charge in [-0.05, 0) is 23.5 Å². The minimum absolute atomic E-state index is 0.130. The van der Waals surface area contributed by atoms with Gasteiger partial charge in [0.25, 0.3) is 0 Å². The van der Waals surface area contributed by atoms with Crippen LogP contribution >= 0.6 is 0 Å². The minimum atomic E-state index is -4.38. The summed E-state index contributed by atoms with van der Waals surface area (Å²) in [7, 11) is 0. The van der Waals surface area contributed by atoms with Gasteiger partial charge in [-0.3, -0.25) is 0 Å². The number of nitrogens with two attached hydrogens (primary N) is 1. The predicted octanol–water partition coefficient (Wildman–Crippen LogP) is 3.76. The molecule has 90 valence electrons. The van der Waals surface area contributed by atoms with Crippen LogP contribution in [-0.2, 0) is 0 Å². The first kappa shape index (κ1) is 13.0. The molecule has 4 heteroatoms. The SMILES string of the molecule is CCC(C)c1cccc([C@@H](N)C(F)(F)F)c1. The highest BCUT2D eigenvalue weighted by Crippen LogP contribution is 2.31. The summed E-state index contributed by atoms with van der Waals surface area (Å²) in [4.78, 5) is 0. The molecule has 0 amide bonds. The fourth-order valence-corrected chi connectivity index (χ4v) is 1.48. The van der Waals surface area contributed by atoms with Gasteiger partial charge in [0.05, 0.1) is 0 Å². The lowest BCUT2D eigenvalue weighted by Crippen LogP contribution is -2.28. The lowest BCUT2D eigenvalue weighted by atomic mass is 9.95. The van der Waals surface area contributed by atoms with Gasteiger partial charge in [0.2, 0.25) is 0 Å². The third kappa shape index (κ3) is 2.98. The van der Waals surface area contributed by atoms with E-state index in [1.165, 1.54) is 6.07 Å². The summed E-state index contributed by atoms with van der Waals surface area (Å²) in [6.45, 7) is 3.99. The fraction of sp³-hybridized carbons (Fsp3) is 0.500. The van der Waals surface area contributed by atoms with E-state index in [-0.39, 0.29) is 11.5 Å². The largest absolute Gasteiger partial charge is 0.407 e. The molecule has 2 atom stereocenters. The second-order valence-corrected chi connectivity index (χ2v) is 4.00. The predicted molar refractivity (Wildman–Crippen MR) is 58.1 cm³/mol. The maximum absolute atomic E-state index is 12.4.